The molecule has 23 N–H and O–H groups in total. The Kier molecular flexibility index (Phi) is 30.0. The van der Waals surface area contributed by atoms with Crippen LogP contribution >= 0.6 is 0 Å². The minimum atomic E-state index is -1.64. The molecule has 36 nitrogen and oxygen atoms in total. The van der Waals surface area contributed by atoms with E-state index in [0.717, 1.165) is 11.1 Å². The van der Waals surface area contributed by atoms with Crippen LogP contribution < -0.4 is 49.9 Å². The van der Waals surface area contributed by atoms with Crippen LogP contribution in [0.25, 0.3) is 0 Å². The van der Waals surface area contributed by atoms with Crippen molar-refractivity contribution in [3.05, 3.63) is 71.8 Å². The highest BCUT2D eigenvalue weighted by molar-refractivity contribution is 5.76. The molecule has 4 amide bonds. The number of nitrogens with zero attached hydrogens (tertiary/aromatic N) is 1. The summed E-state index contributed by atoms with van der Waals surface area (Å²) in [5, 5.41) is 107. The number of hydrogen-bond acceptors (Lipinski definition) is 32. The smallest absolute Gasteiger partial charge is 0.410 e. The highest BCUT2D eigenvalue weighted by atomic mass is 16.8. The maximum absolute atomic E-state index is 13.2. The van der Waals surface area contributed by atoms with Gasteiger partial charge in [0.2, 0.25) is 5.91 Å². The highest BCUT2D eigenvalue weighted by Gasteiger charge is 2.61. The molecule has 36 heteroatoms. The van der Waals surface area contributed by atoms with Crippen molar-refractivity contribution >= 4 is 24.2 Å². The topological polar surface area (TPSA) is 552 Å². The molecule has 0 radical (unpaired) electrons. The van der Waals surface area contributed by atoms with Gasteiger partial charge < -0.3 is 157 Å². The first-order chi connectivity index (χ1) is 49.8. The molecule has 0 aromatic heterocycles. The first kappa shape index (κ1) is 81.9. The molecule has 16 unspecified atom stereocenters. The van der Waals surface area contributed by atoms with Crippen LogP contribution in [0.5, 0.6) is 0 Å². The second-order valence-corrected chi connectivity index (χ2v) is 27.2. The van der Waals surface area contributed by atoms with Crippen LogP contribution in [-0.2, 0) is 79.6 Å². The van der Waals surface area contributed by atoms with Gasteiger partial charge >= 0.3 is 18.3 Å². The number of rotatable bonds is 20. The van der Waals surface area contributed by atoms with Crippen LogP contribution in [-0.4, -0.2) is 299 Å². The van der Waals surface area contributed by atoms with Crippen LogP contribution in [0, 0.1) is 30.1 Å². The summed E-state index contributed by atoms with van der Waals surface area (Å²) in [6.45, 7) is 2.53. The van der Waals surface area contributed by atoms with E-state index in [0.29, 0.717) is 19.3 Å². The summed E-state index contributed by atoms with van der Waals surface area (Å²) in [5.41, 5.74) is 31.3. The van der Waals surface area contributed by atoms with Crippen molar-refractivity contribution in [1.29, 1.82) is 0 Å². The van der Waals surface area contributed by atoms with E-state index in [-0.39, 0.29) is 57.4 Å². The Balaban J connectivity index is 0.000000239. The van der Waals surface area contributed by atoms with Gasteiger partial charge in [0.1, 0.15) is 86.4 Å². The number of nitrogens with one attached hydrogen (secondary N) is 4. The fourth-order valence-electron chi connectivity index (χ4n) is 14.3. The van der Waals surface area contributed by atoms with Gasteiger partial charge in [-0.25, -0.2) is 14.4 Å². The molecule has 2 saturated carbocycles. The third kappa shape index (κ3) is 20.1. The van der Waals surface area contributed by atoms with Gasteiger partial charge in [-0.15, -0.1) is 6.42 Å². The number of alkyl carbamates (subject to hydrolysis) is 2. The van der Waals surface area contributed by atoms with E-state index in [1.807, 2.05) is 67.6 Å². The van der Waals surface area contributed by atoms with Crippen LogP contribution in [0.1, 0.15) is 69.9 Å². The molecule has 2 aromatic rings. The van der Waals surface area contributed by atoms with Crippen molar-refractivity contribution in [2.75, 3.05) is 33.9 Å². The summed E-state index contributed by atoms with van der Waals surface area (Å²) < 4.78 is 77.4. The van der Waals surface area contributed by atoms with Crippen molar-refractivity contribution in [3.8, 4) is 24.2 Å². The highest BCUT2D eigenvalue weighted by Crippen LogP contribution is 2.43. The standard InChI is InChI=1S/C39H52N4O15.C24H46N6O11.C5H4/c1-19-13-25-32(33-28(43(2)39(50)57-33)35(53-25)58-36-30(47)29(46)27(40)26(16-44)54-36)56-34(19)55-31-23(42-38(49)52-18-21-11-7-4-8-12-21)14-22(15-24(31)45)41-37(48)51-17-20-9-5-3-6-10-20;1-29-16-18(35)21-12(6-10(28)22(40-21)39-20-9(27)4-8(26)5-11(20)32)37-23(16)41-24-19(36)17(34)15(13(7-31)38-24)30-14(33)2-3-25;1-3-5-4-2/h3-12,19,22-36,44-47H,13-18,40H2,1-2H3,(H,41,48)(H,42,49);8-13,15-24,29,31-32,34-36H,2-7,25-28H2,1H3,(H,30,33);1H,2H3/t19?,22-,23?,24-,25+,26?,27-,28?,29+,30?,31-,32?,33?,34+,35?,36-;8-,9?,10?,11-,12+,13?,15-,16?,17+,18?,19?,20-,21?,22+,23?,24-;/m11./s1. The molecule has 2 aromatic carbocycles. The Hall–Kier alpha value is -6.16. The van der Waals surface area contributed by atoms with Gasteiger partial charge in [-0.1, -0.05) is 73.5 Å². The number of nitrogens with two attached hydrogens (primary N) is 5. The van der Waals surface area contributed by atoms with Crippen molar-refractivity contribution in [2.24, 2.45) is 34.6 Å². The number of aliphatic hydroxyl groups is 9. The Bertz CT molecular complexity index is 3150. The number of aliphatic hydroxyl groups excluding tert-OH is 9. The van der Waals surface area contributed by atoms with Crippen molar-refractivity contribution < 1.29 is 127 Å². The number of terminal acetylenes is 1. The van der Waals surface area contributed by atoms with Gasteiger partial charge in [0, 0.05) is 44.1 Å². The van der Waals surface area contributed by atoms with E-state index in [4.69, 9.17) is 96.7 Å². The molecule has 9 fully saturated rings. The molecular weight excluding hydrogens is 1370 g/mol. The van der Waals surface area contributed by atoms with Gasteiger partial charge in [-0.05, 0) is 75.5 Å². The molecule has 7 heterocycles. The molecule has 104 heavy (non-hydrogen) atoms. The largest absolute Gasteiger partial charge is 0.445 e. The van der Waals surface area contributed by atoms with E-state index in [2.05, 4.69) is 39.0 Å². The number of benzene rings is 2. The number of carbonyl (C=O) groups is 4. The molecule has 32 atom stereocenters. The first-order valence-electron chi connectivity index (χ1n) is 34.8. The zero-order valence-corrected chi connectivity index (χ0v) is 58.1. The minimum absolute atomic E-state index is 0.00476. The molecular formula is C68H102N10O26. The fourth-order valence-corrected chi connectivity index (χ4v) is 14.3. The number of carbonyl (C=O) groups excluding carboxylic acids is 4. The molecule has 11 rings (SSSR count). The van der Waals surface area contributed by atoms with E-state index in [1.54, 1.807) is 14.0 Å². The Morgan fingerprint density at radius 3 is 1.78 bits per heavy atom. The fraction of sp³-hybridized carbons (Fsp3) is 0.706. The SMILES string of the molecule is C#CC#CC.CC1C[C@@H]2OC(O[C@H]3OC(CO)[C@@H](N)[C@H](O)C3O)C3C(OC(=O)N3C)C2O[C@@H]1O[C@@H]1C(NC(=O)OCc2ccccc2)C[C@@H](NC(=O)OCc2ccccc2)C[C@H]1O.CNC1C(O[C@H]2OC(CO)[C@@H](NC(=O)CCN)[C@H](O)C2O)O[C@H]2CC(N)[C@@H](O[C@@H]3C(N)C[C@@H](N)C[C@H]3O)OC2C1O. The lowest BCUT2D eigenvalue weighted by molar-refractivity contribution is -0.374. The van der Waals surface area contributed by atoms with Crippen LogP contribution in [0.4, 0.5) is 14.4 Å². The third-order valence-corrected chi connectivity index (χ3v) is 19.8. The average molecular weight is 1480 g/mol. The normalized spacial score (nSPS) is 40.9. The average Bonchev–Trinajstić information content (AvgIpc) is 1.51. The maximum atomic E-state index is 13.2. The van der Waals surface area contributed by atoms with Crippen LogP contribution in [0.3, 0.4) is 0 Å². The summed E-state index contributed by atoms with van der Waals surface area (Å²) in [6.07, 6.45) is -21.0. The van der Waals surface area contributed by atoms with Crippen LogP contribution in [0.2, 0.25) is 0 Å². The molecule has 2 aliphatic carbocycles. The lowest BCUT2D eigenvalue weighted by Crippen LogP contribution is -2.70. The molecule has 0 spiro atoms. The van der Waals surface area contributed by atoms with Crippen molar-refractivity contribution in [3.63, 3.8) is 0 Å². The minimum Gasteiger partial charge on any atom is -0.445 e. The van der Waals surface area contributed by atoms with Crippen LogP contribution in [0.15, 0.2) is 60.7 Å². The predicted molar refractivity (Wildman–Crippen MR) is 359 cm³/mol. The summed E-state index contributed by atoms with van der Waals surface area (Å²) >= 11 is 0. The van der Waals surface area contributed by atoms with E-state index in [1.165, 1.54) is 11.9 Å². The summed E-state index contributed by atoms with van der Waals surface area (Å²) in [4.78, 5) is 52.2. The summed E-state index contributed by atoms with van der Waals surface area (Å²) in [6, 6.07) is 11.3. The zero-order valence-electron chi connectivity index (χ0n) is 58.1. The third-order valence-electron chi connectivity index (χ3n) is 19.8. The van der Waals surface area contributed by atoms with E-state index in [9.17, 15) is 65.1 Å². The zero-order chi connectivity index (χ0) is 75.2. The Morgan fingerprint density at radius 2 is 1.18 bits per heavy atom. The number of fused-ring (bicyclic) bond motifs is 4. The lowest BCUT2D eigenvalue weighted by atomic mass is 9.85. The number of amides is 4. The predicted octanol–water partition coefficient (Wildman–Crippen LogP) is -5.58. The molecule has 7 aliphatic heterocycles. The Morgan fingerprint density at radius 1 is 0.606 bits per heavy atom. The summed E-state index contributed by atoms with van der Waals surface area (Å²) in [5.74, 6) is 6.21. The lowest BCUT2D eigenvalue weighted by Gasteiger charge is -2.51. The second kappa shape index (κ2) is 38.1. The second-order valence-electron chi connectivity index (χ2n) is 27.2. The van der Waals surface area contributed by atoms with Crippen molar-refractivity contribution in [1.82, 2.24) is 26.2 Å². The molecule has 0 bridgehead atoms. The van der Waals surface area contributed by atoms with Gasteiger partial charge in [0.05, 0.1) is 67.8 Å². The molecule has 7 saturated heterocycles. The maximum Gasteiger partial charge on any atom is 0.410 e. The molecule has 9 aliphatic rings. The van der Waals surface area contributed by atoms with Crippen molar-refractivity contribution in [2.45, 2.75) is 262 Å². The number of ether oxygens (including phenoxy) is 13. The first-order valence-corrected chi connectivity index (χ1v) is 34.8. The van der Waals surface area contributed by atoms with Gasteiger partial charge in [0.15, 0.2) is 43.8 Å². The van der Waals surface area contributed by atoms with E-state index >= 15 is 0 Å². The van der Waals surface area contributed by atoms with Gasteiger partial charge in [-0.2, -0.15) is 0 Å². The monoisotopic (exact) mass is 1470 g/mol. The number of likely N-dealkylation sites (N-methyl/N-ethyl adjacent to an activating group) is 2. The molecule has 580 valence electrons. The Labute approximate surface area is 601 Å². The number of hydrogen-bond donors (Lipinski definition) is 18. The quantitative estimate of drug-likeness (QED) is 0.0434. The summed E-state index contributed by atoms with van der Waals surface area (Å²) in [7, 11) is 3.04. The van der Waals surface area contributed by atoms with Gasteiger partial charge in [0.25, 0.3) is 0 Å². The van der Waals surface area contributed by atoms with E-state index < -0.39 is 221 Å². The van der Waals surface area contributed by atoms with Gasteiger partial charge in [-0.3, -0.25) is 9.69 Å².